The second kappa shape index (κ2) is 8.04. The predicted octanol–water partition coefficient (Wildman–Crippen LogP) is 2.61. The number of aromatic hydroxyl groups is 1. The molecule has 0 unspecified atom stereocenters. The van der Waals surface area contributed by atoms with Gasteiger partial charge >= 0.3 is 0 Å². The quantitative estimate of drug-likeness (QED) is 0.631. The Labute approximate surface area is 150 Å². The molecule has 3 nitrogen and oxygen atoms in total. The van der Waals surface area contributed by atoms with Gasteiger partial charge in [0.2, 0.25) is 0 Å². The Bertz CT molecular complexity index is 669. The molecular weight excluding hydrogens is 381 g/mol. The molecule has 0 heterocycles. The summed E-state index contributed by atoms with van der Waals surface area (Å²) in [5, 5.41) is 9.64. The van der Waals surface area contributed by atoms with Crippen molar-refractivity contribution in [2.45, 2.75) is 0 Å². The number of methoxy groups -OCH3 is 1. The Hall–Kier alpha value is -1.37. The van der Waals surface area contributed by atoms with Crippen LogP contribution in [0.2, 0.25) is 0 Å². The minimum Gasteiger partial charge on any atom is -0.504 e. The number of rotatable bonds is 2. The maximum absolute atomic E-state index is 10.9. The van der Waals surface area contributed by atoms with Crippen LogP contribution < -0.4 is 4.74 Å². The number of ether oxygens (including phenoxy) is 1. The zero-order valence-corrected chi connectivity index (χ0v) is 14.7. The molecule has 0 fully saturated rings. The van der Waals surface area contributed by atoms with Crippen LogP contribution in [-0.4, -0.2) is 18.5 Å². The summed E-state index contributed by atoms with van der Waals surface area (Å²) >= 11 is 0. The van der Waals surface area contributed by atoms with E-state index < -0.39 is 0 Å². The van der Waals surface area contributed by atoms with E-state index in [1.165, 1.54) is 13.2 Å². The Morgan fingerprint density at radius 3 is 2.55 bits per heavy atom. The molecule has 0 saturated heterocycles. The van der Waals surface area contributed by atoms with E-state index in [1.807, 2.05) is 6.07 Å². The smallest absolute Gasteiger partial charge is 0.160 e. The van der Waals surface area contributed by atoms with Gasteiger partial charge in [0.05, 0.1) is 7.11 Å². The van der Waals surface area contributed by atoms with Gasteiger partial charge in [-0.1, -0.05) is 30.0 Å². The van der Waals surface area contributed by atoms with Crippen molar-refractivity contribution in [3.63, 3.8) is 0 Å². The molecule has 0 aliphatic heterocycles. The number of aldehydes is 1. The van der Waals surface area contributed by atoms with Gasteiger partial charge in [0.25, 0.3) is 0 Å². The molecule has 2 rings (SSSR count). The number of carbonyl (C=O) groups is 1. The second-order valence-electron chi connectivity index (χ2n) is 3.84. The normalized spacial score (nSPS) is 8.85. The summed E-state index contributed by atoms with van der Waals surface area (Å²) in [6.45, 7) is 0. The van der Waals surface area contributed by atoms with Gasteiger partial charge in [-0.25, -0.2) is 0 Å². The monoisotopic (exact) mass is 393 g/mol. The number of carbonyl (C=O) groups excluding carboxylic acids is 1. The van der Waals surface area contributed by atoms with Gasteiger partial charge in [-0.05, 0) is 24.3 Å². The number of phenolic OH excluding ortho intramolecular Hbond substituents is 1. The van der Waals surface area contributed by atoms with Crippen molar-refractivity contribution < 1.29 is 55.9 Å². The molecule has 2 aromatic rings. The molecule has 0 amide bonds. The average Bonchev–Trinajstić information content (AvgIpc) is 2.45. The number of hydrogen-bond acceptors (Lipinski definition) is 3. The molecule has 0 atom stereocenters. The summed E-state index contributed by atoms with van der Waals surface area (Å²) in [6.07, 6.45) is 0.773. The van der Waals surface area contributed by atoms with Gasteiger partial charge in [-0.3, -0.25) is 4.79 Å². The maximum atomic E-state index is 10.9. The van der Waals surface area contributed by atoms with Crippen LogP contribution in [0.1, 0.15) is 21.5 Å². The van der Waals surface area contributed by atoms with E-state index in [0.717, 1.165) is 6.29 Å². The fourth-order valence-corrected chi connectivity index (χ4v) is 1.62. The average molecular weight is 393 g/mol. The zero-order valence-electron chi connectivity index (χ0n) is 11.0. The molecule has 4 heteroatoms. The Kier molecular flexibility index (Phi) is 6.71. The van der Waals surface area contributed by atoms with Crippen LogP contribution in [0.5, 0.6) is 11.5 Å². The maximum Gasteiger partial charge on any atom is 0.160 e. The standard InChI is InChI=1S/C16H12O3.Pr/c1-19-16-9-7-12(10-15(16)18)6-8-13-4-2-3-5-14(13)11-17;/h2-5,7,9-11,18H,1H3;. The third kappa shape index (κ3) is 4.06. The van der Waals surface area contributed by atoms with E-state index in [4.69, 9.17) is 4.74 Å². The first-order valence-corrected chi connectivity index (χ1v) is 5.68. The third-order valence-electron chi connectivity index (χ3n) is 2.61. The van der Waals surface area contributed by atoms with Gasteiger partial charge in [-0.15, -0.1) is 0 Å². The molecule has 0 aromatic heterocycles. The van der Waals surface area contributed by atoms with E-state index in [1.54, 1.807) is 30.3 Å². The summed E-state index contributed by atoms with van der Waals surface area (Å²) in [5.41, 5.74) is 1.86. The number of phenols is 1. The van der Waals surface area contributed by atoms with Gasteiger partial charge in [0.15, 0.2) is 17.8 Å². The SMILES string of the molecule is COc1ccc(C#Cc2ccccc2C=O)cc1O.[Pr]. The van der Waals surface area contributed by atoms with Crippen LogP contribution in [0.3, 0.4) is 0 Å². The van der Waals surface area contributed by atoms with E-state index in [0.29, 0.717) is 22.4 Å². The van der Waals surface area contributed by atoms with Gasteiger partial charge in [0.1, 0.15) is 0 Å². The van der Waals surface area contributed by atoms with E-state index in [2.05, 4.69) is 11.8 Å². The Morgan fingerprint density at radius 2 is 1.90 bits per heavy atom. The van der Waals surface area contributed by atoms with Crippen LogP contribution in [0.25, 0.3) is 0 Å². The summed E-state index contributed by atoms with van der Waals surface area (Å²) in [7, 11) is 1.49. The number of hydrogen-bond donors (Lipinski definition) is 1. The summed E-state index contributed by atoms with van der Waals surface area (Å²) < 4.78 is 4.95. The molecule has 0 saturated carbocycles. The van der Waals surface area contributed by atoms with Crippen molar-refractivity contribution >= 4 is 6.29 Å². The van der Waals surface area contributed by atoms with Crippen LogP contribution in [-0.2, 0) is 0 Å². The summed E-state index contributed by atoms with van der Waals surface area (Å²) in [5.74, 6) is 6.26. The van der Waals surface area contributed by atoms with Gasteiger partial charge in [-0.2, -0.15) is 0 Å². The second-order valence-corrected chi connectivity index (χ2v) is 3.84. The Morgan fingerprint density at radius 1 is 1.15 bits per heavy atom. The van der Waals surface area contributed by atoms with Crippen LogP contribution in [0.4, 0.5) is 0 Å². The third-order valence-corrected chi connectivity index (χ3v) is 2.61. The fraction of sp³-hybridized carbons (Fsp3) is 0.0625. The van der Waals surface area contributed by atoms with Gasteiger partial charge in [0, 0.05) is 58.0 Å². The molecule has 1 radical (unpaired) electrons. The van der Waals surface area contributed by atoms with Crippen molar-refractivity contribution in [2.24, 2.45) is 0 Å². The van der Waals surface area contributed by atoms with E-state index in [-0.39, 0.29) is 47.0 Å². The first kappa shape index (κ1) is 16.7. The molecule has 1 N–H and O–H groups in total. The molecule has 20 heavy (non-hydrogen) atoms. The molecule has 0 spiro atoms. The summed E-state index contributed by atoms with van der Waals surface area (Å²) in [6, 6.07) is 12.0. The van der Waals surface area contributed by atoms with Crippen molar-refractivity contribution in [3.05, 3.63) is 59.2 Å². The first-order valence-electron chi connectivity index (χ1n) is 5.68. The predicted molar refractivity (Wildman–Crippen MR) is 72.5 cm³/mol. The zero-order chi connectivity index (χ0) is 13.7. The van der Waals surface area contributed by atoms with E-state index >= 15 is 0 Å². The number of benzene rings is 2. The topological polar surface area (TPSA) is 46.5 Å². The van der Waals surface area contributed by atoms with Crippen LogP contribution >= 0.6 is 0 Å². The molecule has 0 aliphatic carbocycles. The van der Waals surface area contributed by atoms with Crippen molar-refractivity contribution in [1.29, 1.82) is 0 Å². The minimum atomic E-state index is 0. The van der Waals surface area contributed by atoms with Crippen molar-refractivity contribution in [3.8, 4) is 23.3 Å². The minimum absolute atomic E-state index is 0. The first-order chi connectivity index (χ1) is 9.24. The Balaban J connectivity index is 0.00000200. The van der Waals surface area contributed by atoms with Crippen LogP contribution in [0.15, 0.2) is 42.5 Å². The van der Waals surface area contributed by atoms with E-state index in [9.17, 15) is 9.90 Å². The molecule has 97 valence electrons. The van der Waals surface area contributed by atoms with Crippen molar-refractivity contribution in [1.82, 2.24) is 0 Å². The molecule has 2 aromatic carbocycles. The summed E-state index contributed by atoms with van der Waals surface area (Å²) in [4.78, 5) is 10.9. The molecular formula is C16H12O3Pr. The van der Waals surface area contributed by atoms with Crippen molar-refractivity contribution in [2.75, 3.05) is 7.11 Å². The molecule has 0 bridgehead atoms. The molecule has 0 aliphatic rings. The van der Waals surface area contributed by atoms with Crippen LogP contribution in [0, 0.1) is 53.1 Å². The fourth-order valence-electron chi connectivity index (χ4n) is 1.62. The largest absolute Gasteiger partial charge is 0.504 e. The van der Waals surface area contributed by atoms with Gasteiger partial charge < -0.3 is 9.84 Å².